The number of carboxylic acids is 1. The Labute approximate surface area is 130 Å². The highest BCUT2D eigenvalue weighted by atomic mass is 32.2. The predicted octanol–water partition coefficient (Wildman–Crippen LogP) is 2.49. The summed E-state index contributed by atoms with van der Waals surface area (Å²) in [4.78, 5) is 12.0. The molecule has 2 N–H and O–H groups in total. The first-order chi connectivity index (χ1) is 10.2. The van der Waals surface area contributed by atoms with Crippen LogP contribution >= 0.6 is 11.8 Å². The zero-order valence-electron chi connectivity index (χ0n) is 12.4. The van der Waals surface area contributed by atoms with Gasteiger partial charge in [0.1, 0.15) is 0 Å². The van der Waals surface area contributed by atoms with Gasteiger partial charge in [-0.15, -0.1) is 0 Å². The summed E-state index contributed by atoms with van der Waals surface area (Å²) in [5.74, 6) is 0.647. The Morgan fingerprint density at radius 1 is 1.43 bits per heavy atom. The van der Waals surface area contributed by atoms with Gasteiger partial charge in [0, 0.05) is 25.5 Å². The minimum Gasteiger partial charge on any atom is -0.480 e. The predicted molar refractivity (Wildman–Crippen MR) is 85.7 cm³/mol. The van der Waals surface area contributed by atoms with E-state index in [-0.39, 0.29) is 0 Å². The van der Waals surface area contributed by atoms with E-state index in [0.717, 1.165) is 30.6 Å². The molecule has 0 radical (unpaired) electrons. The molecule has 1 aliphatic rings. The molecule has 0 amide bonds. The number of carbonyl (C=O) groups is 1. The molecular formula is C16H23NO3S. The maximum Gasteiger partial charge on any atom is 0.329 e. The van der Waals surface area contributed by atoms with Crippen LogP contribution in [-0.2, 0) is 15.1 Å². The molecule has 0 bridgehead atoms. The SMILES string of the molecule is COCCCSCC(NC1CC1)(C(=O)O)c1ccccc1. The second-order valence-corrected chi connectivity index (χ2v) is 6.50. The first kappa shape index (κ1) is 16.3. The fraction of sp³-hybridized carbons (Fsp3) is 0.562. The van der Waals surface area contributed by atoms with Gasteiger partial charge in [-0.2, -0.15) is 11.8 Å². The van der Waals surface area contributed by atoms with Crippen molar-refractivity contribution < 1.29 is 14.6 Å². The lowest BCUT2D eigenvalue weighted by Gasteiger charge is -2.31. The lowest BCUT2D eigenvalue weighted by molar-refractivity contribution is -0.144. The molecule has 1 unspecified atom stereocenters. The van der Waals surface area contributed by atoms with Crippen LogP contribution in [0.1, 0.15) is 24.8 Å². The van der Waals surface area contributed by atoms with Crippen molar-refractivity contribution >= 4 is 17.7 Å². The molecule has 5 heteroatoms. The summed E-state index contributed by atoms with van der Waals surface area (Å²) < 4.78 is 5.04. The van der Waals surface area contributed by atoms with Gasteiger partial charge >= 0.3 is 5.97 Å². The summed E-state index contributed by atoms with van der Waals surface area (Å²) in [5.41, 5.74) is -0.149. The van der Waals surface area contributed by atoms with Gasteiger partial charge in [0.15, 0.2) is 5.54 Å². The van der Waals surface area contributed by atoms with E-state index >= 15 is 0 Å². The topological polar surface area (TPSA) is 58.6 Å². The van der Waals surface area contributed by atoms with E-state index in [1.165, 1.54) is 0 Å². The molecule has 21 heavy (non-hydrogen) atoms. The molecule has 4 nitrogen and oxygen atoms in total. The molecule has 1 fully saturated rings. The molecule has 2 rings (SSSR count). The van der Waals surface area contributed by atoms with E-state index in [1.807, 2.05) is 30.3 Å². The number of carboxylic acid groups (broad SMARTS) is 1. The van der Waals surface area contributed by atoms with Gasteiger partial charge in [-0.25, -0.2) is 4.79 Å². The van der Waals surface area contributed by atoms with Crippen molar-refractivity contribution in [1.29, 1.82) is 0 Å². The third-order valence-electron chi connectivity index (χ3n) is 3.62. The van der Waals surface area contributed by atoms with Crippen molar-refractivity contribution in [3.8, 4) is 0 Å². The third kappa shape index (κ3) is 4.46. The normalized spacial score (nSPS) is 17.4. The largest absolute Gasteiger partial charge is 0.480 e. The van der Waals surface area contributed by atoms with Crippen LogP contribution < -0.4 is 5.32 Å². The fourth-order valence-corrected chi connectivity index (χ4v) is 3.43. The molecule has 1 aromatic carbocycles. The summed E-state index contributed by atoms with van der Waals surface area (Å²) in [6.07, 6.45) is 3.07. The number of rotatable bonds is 10. The Kier molecular flexibility index (Phi) is 6.08. The van der Waals surface area contributed by atoms with Crippen molar-refractivity contribution in [2.45, 2.75) is 30.8 Å². The van der Waals surface area contributed by atoms with E-state index in [2.05, 4.69) is 5.32 Å². The maximum absolute atomic E-state index is 12.0. The number of methoxy groups -OCH3 is 1. The van der Waals surface area contributed by atoms with Crippen LogP contribution in [-0.4, -0.2) is 42.3 Å². The molecule has 1 saturated carbocycles. The van der Waals surface area contributed by atoms with E-state index in [9.17, 15) is 9.90 Å². The number of ether oxygens (including phenoxy) is 1. The van der Waals surface area contributed by atoms with Crippen molar-refractivity contribution in [3.63, 3.8) is 0 Å². The van der Waals surface area contributed by atoms with Gasteiger partial charge in [-0.3, -0.25) is 5.32 Å². The number of aliphatic carboxylic acids is 1. The van der Waals surface area contributed by atoms with Gasteiger partial charge in [0.05, 0.1) is 0 Å². The first-order valence-corrected chi connectivity index (χ1v) is 8.48. The lowest BCUT2D eigenvalue weighted by Crippen LogP contribution is -2.52. The van der Waals surface area contributed by atoms with E-state index < -0.39 is 11.5 Å². The van der Waals surface area contributed by atoms with Crippen LogP contribution in [0.15, 0.2) is 30.3 Å². The third-order valence-corrected chi connectivity index (χ3v) is 4.83. The minimum atomic E-state index is -0.986. The van der Waals surface area contributed by atoms with Gasteiger partial charge in [-0.1, -0.05) is 30.3 Å². The van der Waals surface area contributed by atoms with E-state index in [4.69, 9.17) is 4.74 Å². The summed E-state index contributed by atoms with van der Waals surface area (Å²) >= 11 is 1.67. The average Bonchev–Trinajstić information content (AvgIpc) is 3.30. The molecule has 0 saturated heterocycles. The molecule has 1 aromatic rings. The molecule has 0 aliphatic heterocycles. The van der Waals surface area contributed by atoms with Crippen LogP contribution in [0, 0.1) is 0 Å². The second-order valence-electron chi connectivity index (χ2n) is 5.39. The van der Waals surface area contributed by atoms with Gasteiger partial charge in [0.2, 0.25) is 0 Å². The molecule has 0 heterocycles. The first-order valence-electron chi connectivity index (χ1n) is 7.32. The highest BCUT2D eigenvalue weighted by molar-refractivity contribution is 7.99. The number of nitrogens with one attached hydrogen (secondary N) is 1. The zero-order chi connectivity index (χ0) is 15.1. The molecular weight excluding hydrogens is 286 g/mol. The van der Waals surface area contributed by atoms with E-state index in [0.29, 0.717) is 18.4 Å². The smallest absolute Gasteiger partial charge is 0.329 e. The molecule has 0 aromatic heterocycles. The number of hydrogen-bond acceptors (Lipinski definition) is 4. The fourth-order valence-electron chi connectivity index (χ4n) is 2.28. The zero-order valence-corrected chi connectivity index (χ0v) is 13.2. The molecule has 0 spiro atoms. The van der Waals surface area contributed by atoms with E-state index in [1.54, 1.807) is 18.9 Å². The van der Waals surface area contributed by atoms with Gasteiger partial charge < -0.3 is 9.84 Å². The monoisotopic (exact) mass is 309 g/mol. The summed E-state index contributed by atoms with van der Waals surface area (Å²) in [7, 11) is 1.69. The second kappa shape index (κ2) is 7.82. The summed E-state index contributed by atoms with van der Waals surface area (Å²) in [6.45, 7) is 0.717. The highest BCUT2D eigenvalue weighted by Gasteiger charge is 2.44. The Balaban J connectivity index is 2.09. The van der Waals surface area contributed by atoms with Gasteiger partial charge in [-0.05, 0) is 30.6 Å². The Morgan fingerprint density at radius 3 is 2.71 bits per heavy atom. The molecule has 1 atom stereocenters. The summed E-state index contributed by atoms with van der Waals surface area (Å²) in [6, 6.07) is 9.85. The molecule has 1 aliphatic carbocycles. The Hall–Kier alpha value is -1.04. The minimum absolute atomic E-state index is 0.334. The van der Waals surface area contributed by atoms with Crippen molar-refractivity contribution in [1.82, 2.24) is 5.32 Å². The summed E-state index contributed by atoms with van der Waals surface area (Å²) in [5, 5.41) is 13.2. The Bertz CT molecular complexity index is 450. The van der Waals surface area contributed by atoms with Crippen LogP contribution in [0.2, 0.25) is 0 Å². The average molecular weight is 309 g/mol. The molecule has 116 valence electrons. The van der Waals surface area contributed by atoms with Crippen molar-refractivity contribution in [2.75, 3.05) is 25.2 Å². The van der Waals surface area contributed by atoms with Gasteiger partial charge in [0.25, 0.3) is 0 Å². The van der Waals surface area contributed by atoms with Crippen LogP contribution in [0.5, 0.6) is 0 Å². The van der Waals surface area contributed by atoms with Crippen LogP contribution in [0.4, 0.5) is 0 Å². The standard InChI is InChI=1S/C16H23NO3S/c1-20-10-5-11-21-12-16(15(18)19,17-14-8-9-14)13-6-3-2-4-7-13/h2-4,6-7,14,17H,5,8-12H2,1H3,(H,18,19). The quantitative estimate of drug-likeness (QED) is 0.650. The lowest BCUT2D eigenvalue weighted by atomic mass is 9.91. The number of thioether (sulfide) groups is 1. The van der Waals surface area contributed by atoms with Crippen LogP contribution in [0.25, 0.3) is 0 Å². The Morgan fingerprint density at radius 2 is 2.14 bits per heavy atom. The van der Waals surface area contributed by atoms with Crippen LogP contribution in [0.3, 0.4) is 0 Å². The number of hydrogen-bond donors (Lipinski definition) is 2. The maximum atomic E-state index is 12.0. The highest BCUT2D eigenvalue weighted by Crippen LogP contribution is 2.32. The van der Waals surface area contributed by atoms with Crippen molar-refractivity contribution in [3.05, 3.63) is 35.9 Å². The number of benzene rings is 1. The van der Waals surface area contributed by atoms with Crippen molar-refractivity contribution in [2.24, 2.45) is 0 Å².